The maximum atomic E-state index is 5.17. The fourth-order valence-corrected chi connectivity index (χ4v) is 2.05. The predicted molar refractivity (Wildman–Crippen MR) is 58.9 cm³/mol. The first-order chi connectivity index (χ1) is 6.24. The van der Waals surface area contributed by atoms with Gasteiger partial charge in [-0.25, -0.2) is 0 Å². The second-order valence-electron chi connectivity index (χ2n) is 3.08. The van der Waals surface area contributed by atoms with E-state index in [1.54, 1.807) is 0 Å². The lowest BCUT2D eigenvalue weighted by Gasteiger charge is -2.09. The molecule has 1 atom stereocenters. The van der Waals surface area contributed by atoms with E-state index in [0.29, 0.717) is 6.04 Å². The van der Waals surface area contributed by atoms with Crippen molar-refractivity contribution in [3.05, 3.63) is 21.9 Å². The third-order valence-corrected chi connectivity index (χ3v) is 3.09. The van der Waals surface area contributed by atoms with E-state index < -0.39 is 0 Å². The van der Waals surface area contributed by atoms with Crippen LogP contribution in [0.2, 0.25) is 0 Å². The largest absolute Gasteiger partial charge is 0.309 e. The molecule has 0 saturated heterocycles. The highest BCUT2D eigenvalue weighted by Gasteiger charge is 2.05. The Morgan fingerprint density at radius 1 is 1.62 bits per heavy atom. The van der Waals surface area contributed by atoms with Crippen molar-refractivity contribution in [1.82, 2.24) is 5.32 Å². The molecular formula is C11H15NS. The fraction of sp³-hybridized carbons (Fsp3) is 0.455. The number of nitrogens with one attached hydrogen (secondary N) is 1. The Morgan fingerprint density at radius 2 is 2.38 bits per heavy atom. The zero-order valence-corrected chi connectivity index (χ0v) is 8.95. The van der Waals surface area contributed by atoms with Gasteiger partial charge < -0.3 is 5.32 Å². The monoisotopic (exact) mass is 193 g/mol. The average molecular weight is 193 g/mol. The van der Waals surface area contributed by atoms with Crippen LogP contribution >= 0.6 is 11.3 Å². The zero-order valence-electron chi connectivity index (χ0n) is 8.13. The average Bonchev–Trinajstić information content (AvgIpc) is 2.52. The number of rotatable bonds is 4. The van der Waals surface area contributed by atoms with Gasteiger partial charge in [0.25, 0.3) is 0 Å². The van der Waals surface area contributed by atoms with Crippen LogP contribution in [0.4, 0.5) is 0 Å². The van der Waals surface area contributed by atoms with Gasteiger partial charge in [-0.3, -0.25) is 0 Å². The molecule has 1 nitrogen and oxygen atoms in total. The molecular weight excluding hydrogens is 178 g/mol. The standard InChI is InChI=1S/C11H15NS/c1-4-5-8-12-10(3)11-7-6-9(2)13-11/h1,6-7,10,12H,5,8H2,2-3H3. The molecule has 0 aromatic carbocycles. The van der Waals surface area contributed by atoms with E-state index >= 15 is 0 Å². The minimum Gasteiger partial charge on any atom is -0.309 e. The molecule has 0 aliphatic rings. The van der Waals surface area contributed by atoms with Crippen LogP contribution in [0.25, 0.3) is 0 Å². The van der Waals surface area contributed by atoms with Crippen LogP contribution in [-0.4, -0.2) is 6.54 Å². The molecule has 0 spiro atoms. The van der Waals surface area contributed by atoms with Gasteiger partial charge in [-0.05, 0) is 26.0 Å². The van der Waals surface area contributed by atoms with Gasteiger partial charge in [0.05, 0.1) is 0 Å². The minimum absolute atomic E-state index is 0.423. The lowest BCUT2D eigenvalue weighted by Crippen LogP contribution is -2.18. The number of terminal acetylenes is 1. The van der Waals surface area contributed by atoms with Crippen molar-refractivity contribution in [1.29, 1.82) is 0 Å². The first-order valence-electron chi connectivity index (χ1n) is 4.47. The summed E-state index contributed by atoms with van der Waals surface area (Å²) >= 11 is 1.84. The molecule has 0 aliphatic carbocycles. The number of thiophene rings is 1. The van der Waals surface area contributed by atoms with Gasteiger partial charge in [0.15, 0.2) is 0 Å². The molecule has 0 fully saturated rings. The fourth-order valence-electron chi connectivity index (χ4n) is 1.15. The normalized spacial score (nSPS) is 12.4. The molecule has 70 valence electrons. The Bertz CT molecular complexity index is 295. The molecule has 1 N–H and O–H groups in total. The van der Waals surface area contributed by atoms with E-state index in [0.717, 1.165) is 13.0 Å². The maximum Gasteiger partial charge on any atom is 0.0386 e. The van der Waals surface area contributed by atoms with Crippen molar-refractivity contribution in [3.63, 3.8) is 0 Å². The summed E-state index contributed by atoms with van der Waals surface area (Å²) in [6.07, 6.45) is 5.97. The van der Waals surface area contributed by atoms with Crippen molar-refractivity contribution >= 4 is 11.3 Å². The van der Waals surface area contributed by atoms with Crippen LogP contribution < -0.4 is 5.32 Å². The highest BCUT2D eigenvalue weighted by molar-refractivity contribution is 7.12. The Hall–Kier alpha value is -0.780. The van der Waals surface area contributed by atoms with E-state index in [2.05, 4.69) is 37.2 Å². The molecule has 0 radical (unpaired) electrons. The molecule has 0 amide bonds. The Balaban J connectivity index is 2.40. The quantitative estimate of drug-likeness (QED) is 0.572. The van der Waals surface area contributed by atoms with Crippen LogP contribution in [0.15, 0.2) is 12.1 Å². The lowest BCUT2D eigenvalue weighted by molar-refractivity contribution is 0.592. The van der Waals surface area contributed by atoms with Gasteiger partial charge in [0.2, 0.25) is 0 Å². The highest BCUT2D eigenvalue weighted by atomic mass is 32.1. The van der Waals surface area contributed by atoms with E-state index in [1.807, 2.05) is 11.3 Å². The van der Waals surface area contributed by atoms with Gasteiger partial charge in [0, 0.05) is 28.8 Å². The molecule has 1 rings (SSSR count). The molecule has 1 aromatic rings. The molecule has 2 heteroatoms. The second kappa shape index (κ2) is 5.06. The summed E-state index contributed by atoms with van der Waals surface area (Å²) < 4.78 is 0. The molecule has 1 unspecified atom stereocenters. The zero-order chi connectivity index (χ0) is 9.68. The highest BCUT2D eigenvalue weighted by Crippen LogP contribution is 2.21. The first-order valence-corrected chi connectivity index (χ1v) is 5.29. The van der Waals surface area contributed by atoms with Crippen molar-refractivity contribution in [2.24, 2.45) is 0 Å². The van der Waals surface area contributed by atoms with Gasteiger partial charge in [0.1, 0.15) is 0 Å². The second-order valence-corrected chi connectivity index (χ2v) is 4.40. The summed E-state index contributed by atoms with van der Waals surface area (Å²) in [7, 11) is 0. The lowest BCUT2D eigenvalue weighted by atomic mass is 10.2. The molecule has 0 saturated carbocycles. The van der Waals surface area contributed by atoms with Crippen LogP contribution in [0.1, 0.15) is 29.1 Å². The summed E-state index contributed by atoms with van der Waals surface area (Å²) in [6.45, 7) is 5.19. The molecule has 0 aliphatic heterocycles. The Morgan fingerprint density at radius 3 is 2.92 bits per heavy atom. The molecule has 0 bridgehead atoms. The van der Waals surface area contributed by atoms with Crippen molar-refractivity contribution < 1.29 is 0 Å². The van der Waals surface area contributed by atoms with Crippen molar-refractivity contribution in [2.45, 2.75) is 26.3 Å². The summed E-state index contributed by atoms with van der Waals surface area (Å²) in [5.74, 6) is 2.62. The minimum atomic E-state index is 0.423. The summed E-state index contributed by atoms with van der Waals surface area (Å²) in [6, 6.07) is 4.75. The van der Waals surface area contributed by atoms with Crippen LogP contribution in [-0.2, 0) is 0 Å². The summed E-state index contributed by atoms with van der Waals surface area (Å²) in [5, 5.41) is 3.38. The van der Waals surface area contributed by atoms with Gasteiger partial charge in [-0.1, -0.05) is 0 Å². The first kappa shape index (κ1) is 10.3. The van der Waals surface area contributed by atoms with Gasteiger partial charge >= 0.3 is 0 Å². The van der Waals surface area contributed by atoms with Crippen molar-refractivity contribution in [3.8, 4) is 12.3 Å². The van der Waals surface area contributed by atoms with E-state index in [-0.39, 0.29) is 0 Å². The molecule has 13 heavy (non-hydrogen) atoms. The molecule has 1 heterocycles. The number of aryl methyl sites for hydroxylation is 1. The van der Waals surface area contributed by atoms with E-state index in [9.17, 15) is 0 Å². The van der Waals surface area contributed by atoms with Crippen LogP contribution in [0.5, 0.6) is 0 Å². The topological polar surface area (TPSA) is 12.0 Å². The van der Waals surface area contributed by atoms with Crippen LogP contribution in [0.3, 0.4) is 0 Å². The Kier molecular flexibility index (Phi) is 4.01. The van der Waals surface area contributed by atoms with E-state index in [4.69, 9.17) is 6.42 Å². The smallest absolute Gasteiger partial charge is 0.0386 e. The third kappa shape index (κ3) is 3.22. The number of hydrogen-bond acceptors (Lipinski definition) is 2. The Labute approximate surface area is 84.2 Å². The van der Waals surface area contributed by atoms with Crippen molar-refractivity contribution in [2.75, 3.05) is 6.54 Å². The maximum absolute atomic E-state index is 5.17. The summed E-state index contributed by atoms with van der Waals surface area (Å²) in [5.41, 5.74) is 0. The van der Waals surface area contributed by atoms with Gasteiger partial charge in [-0.15, -0.1) is 23.7 Å². The molecule has 1 aromatic heterocycles. The SMILES string of the molecule is C#CCCNC(C)c1ccc(C)s1. The summed E-state index contributed by atoms with van der Waals surface area (Å²) in [4.78, 5) is 2.75. The van der Waals surface area contributed by atoms with Gasteiger partial charge in [-0.2, -0.15) is 0 Å². The third-order valence-electron chi connectivity index (χ3n) is 1.91. The number of hydrogen-bond donors (Lipinski definition) is 1. The van der Waals surface area contributed by atoms with Crippen LogP contribution in [0, 0.1) is 19.3 Å². The predicted octanol–water partition coefficient (Wildman–Crippen LogP) is 2.73. The van der Waals surface area contributed by atoms with E-state index in [1.165, 1.54) is 9.75 Å².